The molecule has 0 amide bonds. The molecule has 2 aliphatic rings. The fourth-order valence-electron chi connectivity index (χ4n) is 3.88. The highest BCUT2D eigenvalue weighted by molar-refractivity contribution is 5.03. The Bertz CT molecular complexity index is 276. The van der Waals surface area contributed by atoms with Crippen molar-refractivity contribution in [3.63, 3.8) is 0 Å². The van der Waals surface area contributed by atoms with E-state index in [1.807, 2.05) is 0 Å². The second-order valence-corrected chi connectivity index (χ2v) is 7.04. The normalized spacial score (nSPS) is 31.8. The van der Waals surface area contributed by atoms with Gasteiger partial charge in [-0.1, -0.05) is 20.3 Å². The summed E-state index contributed by atoms with van der Waals surface area (Å²) in [6.07, 6.45) is 7.89. The van der Waals surface area contributed by atoms with Gasteiger partial charge in [0.15, 0.2) is 0 Å². The number of hydrogen-bond acceptors (Lipinski definition) is 3. The van der Waals surface area contributed by atoms with Crippen LogP contribution in [0.15, 0.2) is 0 Å². The zero-order valence-electron chi connectivity index (χ0n) is 12.4. The topological polar surface area (TPSA) is 38.5 Å². The standard InChI is InChI=1S/C15H30N2O/c1-14(2)7-4-8-15(11-14,12-16)17(9-10-18-3)13-5-6-13/h13H,4-12,16H2,1-3H3. The van der Waals surface area contributed by atoms with Crippen LogP contribution in [-0.4, -0.2) is 43.3 Å². The lowest BCUT2D eigenvalue weighted by Gasteiger charge is -2.51. The molecule has 3 heteroatoms. The van der Waals surface area contributed by atoms with Crippen LogP contribution in [0.2, 0.25) is 0 Å². The smallest absolute Gasteiger partial charge is 0.0590 e. The molecule has 2 fully saturated rings. The first-order valence-corrected chi connectivity index (χ1v) is 7.49. The Morgan fingerprint density at radius 3 is 2.50 bits per heavy atom. The van der Waals surface area contributed by atoms with Crippen LogP contribution in [0.5, 0.6) is 0 Å². The second-order valence-electron chi connectivity index (χ2n) is 7.04. The van der Waals surface area contributed by atoms with E-state index < -0.39 is 0 Å². The van der Waals surface area contributed by atoms with E-state index >= 15 is 0 Å². The van der Waals surface area contributed by atoms with Crippen molar-refractivity contribution in [2.45, 2.75) is 64.0 Å². The van der Waals surface area contributed by atoms with Crippen LogP contribution < -0.4 is 5.73 Å². The molecular weight excluding hydrogens is 224 g/mol. The maximum Gasteiger partial charge on any atom is 0.0590 e. The van der Waals surface area contributed by atoms with Gasteiger partial charge < -0.3 is 10.5 Å². The Morgan fingerprint density at radius 2 is 2.00 bits per heavy atom. The quantitative estimate of drug-likeness (QED) is 0.791. The summed E-state index contributed by atoms with van der Waals surface area (Å²) in [6.45, 7) is 7.49. The summed E-state index contributed by atoms with van der Waals surface area (Å²) in [5.74, 6) is 0. The van der Waals surface area contributed by atoms with Crippen LogP contribution in [0.1, 0.15) is 52.4 Å². The van der Waals surface area contributed by atoms with Gasteiger partial charge in [-0.2, -0.15) is 0 Å². The number of nitrogens with zero attached hydrogens (tertiary/aromatic N) is 1. The first kappa shape index (κ1) is 14.3. The van der Waals surface area contributed by atoms with Gasteiger partial charge in [-0.25, -0.2) is 0 Å². The van der Waals surface area contributed by atoms with Crippen LogP contribution in [0.25, 0.3) is 0 Å². The molecular formula is C15H30N2O. The summed E-state index contributed by atoms with van der Waals surface area (Å²) in [4.78, 5) is 2.69. The van der Waals surface area contributed by atoms with Crippen molar-refractivity contribution in [3.05, 3.63) is 0 Å². The minimum atomic E-state index is 0.238. The van der Waals surface area contributed by atoms with E-state index in [1.54, 1.807) is 7.11 Å². The molecule has 0 aromatic carbocycles. The van der Waals surface area contributed by atoms with Crippen LogP contribution in [-0.2, 0) is 4.74 Å². The number of hydrogen-bond donors (Lipinski definition) is 1. The van der Waals surface area contributed by atoms with Gasteiger partial charge in [0.1, 0.15) is 0 Å². The molecule has 106 valence electrons. The number of methoxy groups -OCH3 is 1. The fourth-order valence-corrected chi connectivity index (χ4v) is 3.88. The molecule has 0 aromatic rings. The van der Waals surface area contributed by atoms with Gasteiger partial charge in [-0.05, 0) is 37.5 Å². The Balaban J connectivity index is 2.12. The second kappa shape index (κ2) is 5.48. The van der Waals surface area contributed by atoms with Gasteiger partial charge in [0.2, 0.25) is 0 Å². The predicted molar refractivity (Wildman–Crippen MR) is 75.6 cm³/mol. The van der Waals surface area contributed by atoms with Crippen molar-refractivity contribution in [2.75, 3.05) is 26.8 Å². The molecule has 1 unspecified atom stereocenters. The average molecular weight is 254 g/mol. The highest BCUT2D eigenvalue weighted by Gasteiger charge is 2.47. The number of ether oxygens (including phenoxy) is 1. The van der Waals surface area contributed by atoms with Gasteiger partial charge in [0.25, 0.3) is 0 Å². The van der Waals surface area contributed by atoms with Gasteiger partial charge in [-0.15, -0.1) is 0 Å². The van der Waals surface area contributed by atoms with Crippen molar-refractivity contribution in [1.29, 1.82) is 0 Å². The van der Waals surface area contributed by atoms with Crippen molar-refractivity contribution in [3.8, 4) is 0 Å². The third-order valence-corrected chi connectivity index (χ3v) is 4.82. The zero-order valence-corrected chi connectivity index (χ0v) is 12.4. The van der Waals surface area contributed by atoms with E-state index in [0.717, 1.165) is 25.7 Å². The number of nitrogens with two attached hydrogens (primary N) is 1. The molecule has 18 heavy (non-hydrogen) atoms. The van der Waals surface area contributed by atoms with E-state index in [4.69, 9.17) is 10.5 Å². The Labute approximate surface area is 112 Å². The van der Waals surface area contributed by atoms with E-state index in [1.165, 1.54) is 38.5 Å². The van der Waals surface area contributed by atoms with Crippen molar-refractivity contribution in [2.24, 2.45) is 11.1 Å². The van der Waals surface area contributed by atoms with E-state index in [2.05, 4.69) is 18.7 Å². The molecule has 3 nitrogen and oxygen atoms in total. The maximum absolute atomic E-state index is 6.22. The van der Waals surface area contributed by atoms with Gasteiger partial charge >= 0.3 is 0 Å². The first-order valence-electron chi connectivity index (χ1n) is 7.49. The summed E-state index contributed by atoms with van der Waals surface area (Å²) in [5.41, 5.74) is 6.89. The highest BCUT2D eigenvalue weighted by Crippen LogP contribution is 2.46. The first-order chi connectivity index (χ1) is 8.53. The third kappa shape index (κ3) is 3.06. The SMILES string of the molecule is COCCN(C1CC1)C1(CN)CCCC(C)(C)C1. The molecule has 2 saturated carbocycles. The van der Waals surface area contributed by atoms with Crippen LogP contribution in [0.3, 0.4) is 0 Å². The lowest BCUT2D eigenvalue weighted by Crippen LogP contribution is -2.59. The zero-order chi connectivity index (χ0) is 13.2. The lowest BCUT2D eigenvalue weighted by atomic mass is 9.67. The fraction of sp³-hybridized carbons (Fsp3) is 1.00. The summed E-state index contributed by atoms with van der Waals surface area (Å²) in [6, 6.07) is 0.776. The summed E-state index contributed by atoms with van der Waals surface area (Å²) in [5, 5.41) is 0. The van der Waals surface area contributed by atoms with Crippen LogP contribution in [0.4, 0.5) is 0 Å². The summed E-state index contributed by atoms with van der Waals surface area (Å²) < 4.78 is 5.30. The van der Waals surface area contributed by atoms with E-state index in [9.17, 15) is 0 Å². The monoisotopic (exact) mass is 254 g/mol. The largest absolute Gasteiger partial charge is 0.383 e. The molecule has 2 aliphatic carbocycles. The Morgan fingerprint density at radius 1 is 1.28 bits per heavy atom. The Kier molecular flexibility index (Phi) is 4.35. The van der Waals surface area contributed by atoms with Crippen molar-refractivity contribution in [1.82, 2.24) is 4.90 Å². The summed E-state index contributed by atoms with van der Waals surface area (Å²) >= 11 is 0. The van der Waals surface area contributed by atoms with Gasteiger partial charge in [0.05, 0.1) is 6.61 Å². The molecule has 0 aliphatic heterocycles. The van der Waals surface area contributed by atoms with Gasteiger partial charge in [0, 0.05) is 31.8 Å². The molecule has 0 heterocycles. The molecule has 2 N–H and O–H groups in total. The molecule has 0 aromatic heterocycles. The maximum atomic E-state index is 6.22. The third-order valence-electron chi connectivity index (χ3n) is 4.82. The summed E-state index contributed by atoms with van der Waals surface area (Å²) in [7, 11) is 1.80. The van der Waals surface area contributed by atoms with E-state index in [-0.39, 0.29) is 5.54 Å². The van der Waals surface area contributed by atoms with E-state index in [0.29, 0.717) is 5.41 Å². The molecule has 0 saturated heterocycles. The van der Waals surface area contributed by atoms with Crippen molar-refractivity contribution >= 4 is 0 Å². The van der Waals surface area contributed by atoms with Crippen LogP contribution >= 0.6 is 0 Å². The van der Waals surface area contributed by atoms with Gasteiger partial charge in [-0.3, -0.25) is 4.90 Å². The van der Waals surface area contributed by atoms with Crippen molar-refractivity contribution < 1.29 is 4.74 Å². The molecule has 0 bridgehead atoms. The molecule has 0 spiro atoms. The predicted octanol–water partition coefficient (Wildman–Crippen LogP) is 2.39. The highest BCUT2D eigenvalue weighted by atomic mass is 16.5. The molecule has 2 rings (SSSR count). The number of rotatable bonds is 6. The van der Waals surface area contributed by atoms with Crippen LogP contribution in [0, 0.1) is 5.41 Å². The molecule has 0 radical (unpaired) electrons. The lowest BCUT2D eigenvalue weighted by molar-refractivity contribution is -0.00949. The molecule has 1 atom stereocenters. The minimum Gasteiger partial charge on any atom is -0.383 e. The Hall–Kier alpha value is -0.120. The average Bonchev–Trinajstić information content (AvgIpc) is 3.12. The minimum absolute atomic E-state index is 0.238.